The van der Waals surface area contributed by atoms with Crippen LogP contribution in [0.5, 0.6) is 0 Å². The quantitative estimate of drug-likeness (QED) is 0.636. The zero-order chi connectivity index (χ0) is 14.1. The van der Waals surface area contributed by atoms with Gasteiger partial charge in [0.1, 0.15) is 0 Å². The highest BCUT2D eigenvalue weighted by molar-refractivity contribution is 7.54. The van der Waals surface area contributed by atoms with Gasteiger partial charge in [-0.3, -0.25) is 9.36 Å². The molecule has 0 unspecified atom stereocenters. The van der Waals surface area contributed by atoms with Gasteiger partial charge in [0.2, 0.25) is 0 Å². The van der Waals surface area contributed by atoms with Gasteiger partial charge in [0.25, 0.3) is 0 Å². The van der Waals surface area contributed by atoms with Crippen molar-refractivity contribution in [2.24, 2.45) is 0 Å². The average molecular weight is 270 g/mol. The van der Waals surface area contributed by atoms with Gasteiger partial charge in [-0.05, 0) is 26.7 Å². The monoisotopic (exact) mass is 270 g/mol. The van der Waals surface area contributed by atoms with E-state index in [1.54, 1.807) is 0 Å². The van der Waals surface area contributed by atoms with E-state index in [1.807, 2.05) is 13.8 Å². The number of ether oxygens (including phenoxy) is 1. The number of carboxylic acid groups (broad SMARTS) is 1. The SMILES string of the molecule is CCC(CC)(C(=O)O)P(=O)(O)O.CCOCC. The van der Waals surface area contributed by atoms with E-state index in [1.165, 1.54) is 13.8 Å². The van der Waals surface area contributed by atoms with E-state index in [9.17, 15) is 9.36 Å². The molecular formula is C10H23O6P. The van der Waals surface area contributed by atoms with Gasteiger partial charge >= 0.3 is 13.6 Å². The predicted molar refractivity (Wildman–Crippen MR) is 65.2 cm³/mol. The van der Waals surface area contributed by atoms with Gasteiger partial charge in [-0.15, -0.1) is 0 Å². The highest BCUT2D eigenvalue weighted by atomic mass is 31.2. The molecule has 0 heterocycles. The summed E-state index contributed by atoms with van der Waals surface area (Å²) in [5.41, 5.74) is 0. The van der Waals surface area contributed by atoms with Crippen LogP contribution in [-0.2, 0) is 14.1 Å². The molecule has 0 saturated carbocycles. The largest absolute Gasteiger partial charge is 0.480 e. The van der Waals surface area contributed by atoms with E-state index in [0.29, 0.717) is 0 Å². The maximum atomic E-state index is 10.9. The fourth-order valence-electron chi connectivity index (χ4n) is 1.29. The highest BCUT2D eigenvalue weighted by Crippen LogP contribution is 2.54. The summed E-state index contributed by atoms with van der Waals surface area (Å²) in [5, 5.41) is 6.77. The van der Waals surface area contributed by atoms with Crippen LogP contribution in [0.15, 0.2) is 0 Å². The number of rotatable bonds is 6. The fourth-order valence-corrected chi connectivity index (χ4v) is 2.37. The Kier molecular flexibility index (Phi) is 9.62. The van der Waals surface area contributed by atoms with E-state index in [0.717, 1.165) is 13.2 Å². The molecule has 0 saturated heterocycles. The minimum atomic E-state index is -4.56. The molecule has 7 heteroatoms. The molecule has 0 spiro atoms. The molecule has 0 amide bonds. The average Bonchev–Trinajstić information content (AvgIpc) is 2.19. The van der Waals surface area contributed by atoms with E-state index in [4.69, 9.17) is 19.6 Å². The Bertz CT molecular complexity index is 254. The molecule has 0 aromatic heterocycles. The Morgan fingerprint density at radius 3 is 1.47 bits per heavy atom. The topological polar surface area (TPSA) is 104 Å². The third kappa shape index (κ3) is 5.64. The molecule has 0 aliphatic heterocycles. The molecule has 104 valence electrons. The first kappa shape index (κ1) is 18.9. The van der Waals surface area contributed by atoms with Crippen LogP contribution < -0.4 is 0 Å². The van der Waals surface area contributed by atoms with Gasteiger partial charge in [-0.25, -0.2) is 0 Å². The van der Waals surface area contributed by atoms with E-state index in [2.05, 4.69) is 0 Å². The molecule has 17 heavy (non-hydrogen) atoms. The van der Waals surface area contributed by atoms with E-state index >= 15 is 0 Å². The van der Waals surface area contributed by atoms with Gasteiger partial charge in [-0.1, -0.05) is 13.8 Å². The van der Waals surface area contributed by atoms with Gasteiger partial charge < -0.3 is 19.6 Å². The summed E-state index contributed by atoms with van der Waals surface area (Å²) in [6.07, 6.45) is -0.133. The number of carbonyl (C=O) groups is 1. The van der Waals surface area contributed by atoms with Crippen LogP contribution in [0.3, 0.4) is 0 Å². The van der Waals surface area contributed by atoms with Crippen LogP contribution in [0, 0.1) is 0 Å². The zero-order valence-corrected chi connectivity index (χ0v) is 11.7. The lowest BCUT2D eigenvalue weighted by Crippen LogP contribution is -2.36. The van der Waals surface area contributed by atoms with Crippen LogP contribution >= 0.6 is 7.60 Å². The van der Waals surface area contributed by atoms with E-state index in [-0.39, 0.29) is 12.8 Å². The third-order valence-corrected chi connectivity index (χ3v) is 4.47. The van der Waals surface area contributed by atoms with Gasteiger partial charge in [0, 0.05) is 13.2 Å². The van der Waals surface area contributed by atoms with Gasteiger partial charge in [0.15, 0.2) is 5.16 Å². The van der Waals surface area contributed by atoms with Crippen LogP contribution in [0.2, 0.25) is 0 Å². The number of hydrogen-bond donors (Lipinski definition) is 3. The summed E-state index contributed by atoms with van der Waals surface area (Å²) in [4.78, 5) is 28.3. The smallest absolute Gasteiger partial charge is 0.342 e. The second-order valence-electron chi connectivity index (χ2n) is 3.37. The molecule has 0 bridgehead atoms. The lowest BCUT2D eigenvalue weighted by molar-refractivity contribution is -0.140. The van der Waals surface area contributed by atoms with Crippen LogP contribution in [0.1, 0.15) is 40.5 Å². The molecule has 0 aromatic rings. The van der Waals surface area contributed by atoms with E-state index < -0.39 is 18.7 Å². The van der Waals surface area contributed by atoms with Crippen LogP contribution in [0.4, 0.5) is 0 Å². The van der Waals surface area contributed by atoms with Crippen molar-refractivity contribution in [2.45, 2.75) is 45.7 Å². The van der Waals surface area contributed by atoms with Crippen molar-refractivity contribution in [1.82, 2.24) is 0 Å². The Balaban J connectivity index is 0. The van der Waals surface area contributed by atoms with Crippen molar-refractivity contribution in [2.75, 3.05) is 13.2 Å². The normalized spacial score (nSPS) is 11.6. The van der Waals surface area contributed by atoms with Crippen LogP contribution in [0.25, 0.3) is 0 Å². The maximum Gasteiger partial charge on any atom is 0.342 e. The second kappa shape index (κ2) is 8.64. The van der Waals surface area contributed by atoms with Crippen molar-refractivity contribution in [3.63, 3.8) is 0 Å². The lowest BCUT2D eigenvalue weighted by atomic mass is 10.0. The fraction of sp³-hybridized carbons (Fsp3) is 0.900. The Labute approximate surface area is 102 Å². The summed E-state index contributed by atoms with van der Waals surface area (Å²) in [5.74, 6) is -1.43. The Morgan fingerprint density at radius 1 is 1.12 bits per heavy atom. The molecule has 0 fully saturated rings. The van der Waals surface area contributed by atoms with Crippen LogP contribution in [-0.4, -0.2) is 39.2 Å². The predicted octanol–water partition coefficient (Wildman–Crippen LogP) is 1.85. The molecule has 0 radical (unpaired) electrons. The summed E-state index contributed by atoms with van der Waals surface area (Å²) in [6.45, 7) is 8.58. The number of carboxylic acids is 1. The van der Waals surface area contributed by atoms with Crippen molar-refractivity contribution in [1.29, 1.82) is 0 Å². The standard InChI is InChI=1S/C6H13O5P.C4H10O/c1-3-6(4-2,5(7)8)12(9,10)11;1-3-5-4-2/h3-4H2,1-2H3,(H,7,8)(H2,9,10,11);3-4H2,1-2H3. The molecule has 0 aliphatic carbocycles. The Morgan fingerprint density at radius 2 is 1.47 bits per heavy atom. The highest BCUT2D eigenvalue weighted by Gasteiger charge is 2.50. The number of aliphatic carboxylic acids is 1. The molecule has 0 aliphatic rings. The third-order valence-electron chi connectivity index (χ3n) is 2.53. The summed E-state index contributed by atoms with van der Waals surface area (Å²) >= 11 is 0. The lowest BCUT2D eigenvalue weighted by Gasteiger charge is -2.26. The van der Waals surface area contributed by atoms with Crippen molar-refractivity contribution in [3.05, 3.63) is 0 Å². The molecular weight excluding hydrogens is 247 g/mol. The number of hydrogen-bond acceptors (Lipinski definition) is 3. The first-order chi connectivity index (χ1) is 7.73. The minimum Gasteiger partial charge on any atom is -0.480 e. The van der Waals surface area contributed by atoms with Crippen molar-refractivity contribution >= 4 is 13.6 Å². The molecule has 3 N–H and O–H groups in total. The van der Waals surface area contributed by atoms with Gasteiger partial charge in [0.05, 0.1) is 0 Å². The molecule has 0 atom stereocenters. The van der Waals surface area contributed by atoms with Gasteiger partial charge in [-0.2, -0.15) is 0 Å². The first-order valence-electron chi connectivity index (χ1n) is 5.60. The molecule has 6 nitrogen and oxygen atoms in total. The summed E-state index contributed by atoms with van der Waals surface area (Å²) in [6, 6.07) is 0. The van der Waals surface area contributed by atoms with Crippen molar-refractivity contribution < 1.29 is 29.0 Å². The summed E-state index contributed by atoms with van der Waals surface area (Å²) in [7, 11) is -4.56. The summed E-state index contributed by atoms with van der Waals surface area (Å²) < 4.78 is 15.7. The maximum absolute atomic E-state index is 10.9. The molecule has 0 aromatic carbocycles. The zero-order valence-electron chi connectivity index (χ0n) is 10.8. The molecule has 0 rings (SSSR count). The second-order valence-corrected chi connectivity index (χ2v) is 5.31. The Hall–Kier alpha value is -0.420. The first-order valence-corrected chi connectivity index (χ1v) is 7.21. The minimum absolute atomic E-state index is 0.0664. The van der Waals surface area contributed by atoms with Crippen molar-refractivity contribution in [3.8, 4) is 0 Å².